The first-order valence-electron chi connectivity index (χ1n) is 6.82. The third-order valence-electron chi connectivity index (χ3n) is 3.31. The van der Waals surface area contributed by atoms with Crippen LogP contribution >= 0.6 is 11.8 Å². The monoisotopic (exact) mass is 286 g/mol. The molecule has 1 saturated carbocycles. The first-order valence-corrected chi connectivity index (χ1v) is 7.87. The van der Waals surface area contributed by atoms with Crippen molar-refractivity contribution in [2.45, 2.75) is 45.3 Å². The molecule has 5 heteroatoms. The number of esters is 1. The Balaban J connectivity index is 2.78. The summed E-state index contributed by atoms with van der Waals surface area (Å²) in [4.78, 5) is 35.4. The van der Waals surface area contributed by atoms with Gasteiger partial charge < -0.3 is 4.74 Å². The highest BCUT2D eigenvalue weighted by molar-refractivity contribution is 7.99. The molecule has 0 aromatic heterocycles. The van der Waals surface area contributed by atoms with E-state index in [1.807, 2.05) is 0 Å². The van der Waals surface area contributed by atoms with Gasteiger partial charge in [-0.15, -0.1) is 0 Å². The Bertz CT molecular complexity index is 353. The Morgan fingerprint density at radius 1 is 1.42 bits per heavy atom. The Labute approximate surface area is 118 Å². The fourth-order valence-electron chi connectivity index (χ4n) is 2.60. The summed E-state index contributed by atoms with van der Waals surface area (Å²) in [5.74, 6) is -0.726. The summed E-state index contributed by atoms with van der Waals surface area (Å²) in [5.41, 5.74) is 0. The first-order chi connectivity index (χ1) is 8.99. The third-order valence-corrected chi connectivity index (χ3v) is 4.40. The van der Waals surface area contributed by atoms with Gasteiger partial charge in [-0.05, 0) is 25.0 Å². The van der Waals surface area contributed by atoms with Gasteiger partial charge in [-0.3, -0.25) is 14.4 Å². The Hall–Kier alpha value is -0.840. The molecular formula is C14H22O4S. The molecule has 0 aromatic rings. The van der Waals surface area contributed by atoms with Crippen LogP contribution in [0.3, 0.4) is 0 Å². The summed E-state index contributed by atoms with van der Waals surface area (Å²) in [7, 11) is 0. The van der Waals surface area contributed by atoms with Crippen LogP contribution in [0.5, 0.6) is 0 Å². The van der Waals surface area contributed by atoms with Gasteiger partial charge in [0.15, 0.2) is 5.78 Å². The van der Waals surface area contributed by atoms with E-state index in [9.17, 15) is 14.4 Å². The molecule has 1 aliphatic rings. The Morgan fingerprint density at radius 3 is 2.68 bits per heavy atom. The minimum Gasteiger partial charge on any atom is -0.465 e. The SMILES string of the molecule is CCOC(=O)[C@H]1C(=O)CC(=O)C[C@H]1C[C@@H](C)SCC. The molecule has 0 aromatic carbocycles. The number of ether oxygens (including phenoxy) is 1. The minimum atomic E-state index is -0.738. The van der Waals surface area contributed by atoms with Gasteiger partial charge in [0.1, 0.15) is 11.7 Å². The van der Waals surface area contributed by atoms with Crippen LogP contribution in [0, 0.1) is 11.8 Å². The van der Waals surface area contributed by atoms with Crippen molar-refractivity contribution in [2.75, 3.05) is 12.4 Å². The first kappa shape index (κ1) is 16.2. The molecule has 0 aliphatic heterocycles. The highest BCUT2D eigenvalue weighted by atomic mass is 32.2. The van der Waals surface area contributed by atoms with Crippen LogP contribution in [0.4, 0.5) is 0 Å². The number of hydrogen-bond acceptors (Lipinski definition) is 5. The van der Waals surface area contributed by atoms with Crippen molar-refractivity contribution in [1.82, 2.24) is 0 Å². The molecule has 0 bridgehead atoms. The van der Waals surface area contributed by atoms with Crippen molar-refractivity contribution in [2.24, 2.45) is 11.8 Å². The lowest BCUT2D eigenvalue weighted by Crippen LogP contribution is -2.40. The van der Waals surface area contributed by atoms with Gasteiger partial charge in [0, 0.05) is 11.7 Å². The van der Waals surface area contributed by atoms with Crippen molar-refractivity contribution in [1.29, 1.82) is 0 Å². The number of hydrogen-bond donors (Lipinski definition) is 0. The van der Waals surface area contributed by atoms with Gasteiger partial charge in [0.2, 0.25) is 0 Å². The topological polar surface area (TPSA) is 60.4 Å². The van der Waals surface area contributed by atoms with E-state index in [0.717, 1.165) is 5.75 Å². The number of rotatable bonds is 6. The second-order valence-corrected chi connectivity index (χ2v) is 6.59. The van der Waals surface area contributed by atoms with Gasteiger partial charge in [0.05, 0.1) is 13.0 Å². The molecule has 0 unspecified atom stereocenters. The van der Waals surface area contributed by atoms with Crippen molar-refractivity contribution in [3.8, 4) is 0 Å². The van der Waals surface area contributed by atoms with E-state index in [-0.39, 0.29) is 30.5 Å². The summed E-state index contributed by atoms with van der Waals surface area (Å²) in [6.07, 6.45) is 0.915. The van der Waals surface area contributed by atoms with E-state index < -0.39 is 11.9 Å². The fourth-order valence-corrected chi connectivity index (χ4v) is 3.56. The molecule has 3 atom stereocenters. The van der Waals surface area contributed by atoms with Gasteiger partial charge in [-0.25, -0.2) is 0 Å². The average Bonchev–Trinajstić information content (AvgIpc) is 2.28. The molecule has 0 radical (unpaired) electrons. The Morgan fingerprint density at radius 2 is 2.11 bits per heavy atom. The standard InChI is InChI=1S/C14H22O4S/c1-4-18-14(17)13-10(6-9(3)19-5-2)7-11(15)8-12(13)16/h9-10,13H,4-8H2,1-3H3/t9-,10-,13-/m1/s1. The summed E-state index contributed by atoms with van der Waals surface area (Å²) in [5, 5.41) is 0.339. The zero-order valence-electron chi connectivity index (χ0n) is 11.8. The quantitative estimate of drug-likeness (QED) is 0.553. The normalized spacial score (nSPS) is 25.2. The molecule has 1 aliphatic carbocycles. The van der Waals surface area contributed by atoms with Crippen LogP contribution in [-0.4, -0.2) is 35.1 Å². The van der Waals surface area contributed by atoms with Crippen LogP contribution in [0.25, 0.3) is 0 Å². The predicted molar refractivity (Wildman–Crippen MR) is 75.1 cm³/mol. The molecule has 1 rings (SSSR count). The zero-order chi connectivity index (χ0) is 14.4. The Kier molecular flexibility index (Phi) is 6.55. The van der Waals surface area contributed by atoms with E-state index in [1.165, 1.54) is 0 Å². The van der Waals surface area contributed by atoms with E-state index in [2.05, 4.69) is 13.8 Å². The van der Waals surface area contributed by atoms with Gasteiger partial charge in [0.25, 0.3) is 0 Å². The number of carbonyl (C=O) groups excluding carboxylic acids is 3. The molecule has 19 heavy (non-hydrogen) atoms. The minimum absolute atomic E-state index is 0.0516. The van der Waals surface area contributed by atoms with Crippen LogP contribution in [0.1, 0.15) is 40.0 Å². The van der Waals surface area contributed by atoms with E-state index >= 15 is 0 Å². The molecule has 108 valence electrons. The summed E-state index contributed by atoms with van der Waals surface area (Å²) >= 11 is 1.78. The van der Waals surface area contributed by atoms with Crippen LogP contribution in [0.2, 0.25) is 0 Å². The number of carbonyl (C=O) groups is 3. The molecule has 4 nitrogen and oxygen atoms in total. The lowest BCUT2D eigenvalue weighted by atomic mass is 9.75. The maximum Gasteiger partial charge on any atom is 0.316 e. The predicted octanol–water partition coefficient (Wildman–Crippen LogP) is 2.25. The number of ketones is 2. The van der Waals surface area contributed by atoms with Crippen molar-refractivity contribution in [3.05, 3.63) is 0 Å². The molecule has 0 spiro atoms. The smallest absolute Gasteiger partial charge is 0.316 e. The lowest BCUT2D eigenvalue weighted by molar-refractivity contribution is -0.156. The van der Waals surface area contributed by atoms with Gasteiger partial charge in [-0.2, -0.15) is 11.8 Å². The van der Waals surface area contributed by atoms with Crippen molar-refractivity contribution in [3.63, 3.8) is 0 Å². The zero-order valence-corrected chi connectivity index (χ0v) is 12.6. The molecule has 0 N–H and O–H groups in total. The summed E-state index contributed by atoms with van der Waals surface area (Å²) < 4.78 is 4.98. The third kappa shape index (κ3) is 4.64. The largest absolute Gasteiger partial charge is 0.465 e. The van der Waals surface area contributed by atoms with E-state index in [0.29, 0.717) is 18.1 Å². The van der Waals surface area contributed by atoms with Crippen LogP contribution < -0.4 is 0 Å². The maximum atomic E-state index is 11.9. The second-order valence-electron chi connectivity index (χ2n) is 4.88. The highest BCUT2D eigenvalue weighted by Gasteiger charge is 2.41. The molecule has 1 fully saturated rings. The van der Waals surface area contributed by atoms with Gasteiger partial charge in [-0.1, -0.05) is 13.8 Å². The van der Waals surface area contributed by atoms with Crippen LogP contribution in [-0.2, 0) is 19.1 Å². The fraction of sp³-hybridized carbons (Fsp3) is 0.786. The van der Waals surface area contributed by atoms with Crippen LogP contribution in [0.15, 0.2) is 0 Å². The highest BCUT2D eigenvalue weighted by Crippen LogP contribution is 2.33. The molecule has 0 saturated heterocycles. The lowest BCUT2D eigenvalue weighted by Gasteiger charge is -2.29. The van der Waals surface area contributed by atoms with E-state index in [1.54, 1.807) is 18.7 Å². The van der Waals surface area contributed by atoms with Crippen molar-refractivity contribution < 1.29 is 19.1 Å². The average molecular weight is 286 g/mol. The number of thioether (sulfide) groups is 1. The van der Waals surface area contributed by atoms with E-state index in [4.69, 9.17) is 4.74 Å². The number of Topliss-reactive ketones (excluding diaryl/α,β-unsaturated/α-hetero) is 2. The molecular weight excluding hydrogens is 264 g/mol. The summed E-state index contributed by atoms with van der Waals surface area (Å²) in [6.45, 7) is 6.13. The van der Waals surface area contributed by atoms with Gasteiger partial charge >= 0.3 is 5.97 Å². The summed E-state index contributed by atoms with van der Waals surface area (Å²) in [6, 6.07) is 0. The molecule has 0 heterocycles. The molecule has 0 amide bonds. The second kappa shape index (κ2) is 7.68. The van der Waals surface area contributed by atoms with Crippen molar-refractivity contribution >= 4 is 29.3 Å². The maximum absolute atomic E-state index is 11.9.